The fourth-order valence-corrected chi connectivity index (χ4v) is 2.11. The zero-order valence-corrected chi connectivity index (χ0v) is 8.59. The average Bonchev–Trinajstić information content (AvgIpc) is 2.67. The molecule has 2 rings (SSSR count). The number of hydrogen-bond acceptors (Lipinski definition) is 5. The summed E-state index contributed by atoms with van der Waals surface area (Å²) >= 11 is 0. The van der Waals surface area contributed by atoms with E-state index in [1.807, 2.05) is 0 Å². The Kier molecular flexibility index (Phi) is 2.65. The van der Waals surface area contributed by atoms with E-state index in [0.717, 1.165) is 4.31 Å². The molecule has 0 saturated carbocycles. The van der Waals surface area contributed by atoms with Crippen molar-refractivity contribution in [2.24, 2.45) is 5.14 Å². The lowest BCUT2D eigenvalue weighted by Gasteiger charge is -2.18. The number of ether oxygens (including phenoxy) is 1. The van der Waals surface area contributed by atoms with Crippen molar-refractivity contribution in [1.29, 1.82) is 0 Å². The van der Waals surface area contributed by atoms with Crippen LogP contribution in [0.3, 0.4) is 0 Å². The largest absolute Gasteiger partial charge is 0.353 e. The molecule has 1 aliphatic rings. The molecule has 2 heterocycles. The lowest BCUT2D eigenvalue weighted by molar-refractivity contribution is 0.0608. The molecule has 2 N–H and O–H groups in total. The summed E-state index contributed by atoms with van der Waals surface area (Å²) in [4.78, 5) is 7.85. The molecule has 0 amide bonds. The Balaban J connectivity index is 2.30. The number of nitrogens with two attached hydrogens (primary N) is 1. The maximum atomic E-state index is 11.2. The van der Waals surface area contributed by atoms with Crippen molar-refractivity contribution in [3.8, 4) is 0 Å². The molecule has 1 aliphatic heterocycles. The second-order valence-electron chi connectivity index (χ2n) is 2.99. The fraction of sp³-hybridized carbons (Fsp3) is 0.429. The predicted molar refractivity (Wildman–Crippen MR) is 50.5 cm³/mol. The Morgan fingerprint density at radius 3 is 2.73 bits per heavy atom. The van der Waals surface area contributed by atoms with Crippen molar-refractivity contribution in [2.45, 2.75) is 6.23 Å². The van der Waals surface area contributed by atoms with Crippen LogP contribution in [0.4, 0.5) is 0 Å². The summed E-state index contributed by atoms with van der Waals surface area (Å²) in [5.41, 5.74) is 0. The van der Waals surface area contributed by atoms with E-state index >= 15 is 0 Å². The Bertz CT molecular complexity index is 435. The summed E-state index contributed by atoms with van der Waals surface area (Å²) in [6.45, 7) is 0.515. The molecule has 1 aromatic rings. The number of aromatic nitrogens is 2. The molecule has 1 unspecified atom stereocenters. The number of nitrogens with zero attached hydrogens (tertiary/aromatic N) is 3. The standard InChI is InChI=1S/C7H10N4O3S/c8-15(12,13)11-4-5-14-7(11)6-9-2-1-3-10-6/h1-3,7H,4-5H2,(H2,8,12,13). The molecule has 1 fully saturated rings. The van der Waals surface area contributed by atoms with E-state index < -0.39 is 16.4 Å². The van der Waals surface area contributed by atoms with Gasteiger partial charge in [0.15, 0.2) is 12.1 Å². The first kappa shape index (κ1) is 10.4. The lowest BCUT2D eigenvalue weighted by Crippen LogP contribution is -2.37. The first-order valence-corrected chi connectivity index (χ1v) is 5.77. The molecule has 0 spiro atoms. The van der Waals surface area contributed by atoms with Crippen LogP contribution in [0, 0.1) is 0 Å². The van der Waals surface area contributed by atoms with Gasteiger partial charge in [-0.3, -0.25) is 0 Å². The van der Waals surface area contributed by atoms with E-state index in [1.54, 1.807) is 6.07 Å². The molecule has 0 aromatic carbocycles. The third kappa shape index (κ3) is 2.12. The quantitative estimate of drug-likeness (QED) is 0.703. The zero-order valence-electron chi connectivity index (χ0n) is 7.78. The Morgan fingerprint density at radius 2 is 2.13 bits per heavy atom. The minimum atomic E-state index is -3.77. The smallest absolute Gasteiger partial charge is 0.279 e. The van der Waals surface area contributed by atoms with Gasteiger partial charge in [0, 0.05) is 18.9 Å². The van der Waals surface area contributed by atoms with E-state index in [1.165, 1.54) is 12.4 Å². The molecule has 82 valence electrons. The molecule has 1 atom stereocenters. The molecule has 0 radical (unpaired) electrons. The van der Waals surface area contributed by atoms with Gasteiger partial charge in [-0.15, -0.1) is 0 Å². The highest BCUT2D eigenvalue weighted by Gasteiger charge is 2.35. The Labute approximate surface area is 87.1 Å². The van der Waals surface area contributed by atoms with Gasteiger partial charge in [-0.1, -0.05) is 0 Å². The van der Waals surface area contributed by atoms with E-state index in [4.69, 9.17) is 9.88 Å². The van der Waals surface area contributed by atoms with Crippen LogP contribution in [-0.2, 0) is 14.9 Å². The van der Waals surface area contributed by atoms with Gasteiger partial charge in [-0.25, -0.2) is 15.1 Å². The van der Waals surface area contributed by atoms with Crippen LogP contribution in [-0.4, -0.2) is 35.8 Å². The van der Waals surface area contributed by atoms with Crippen molar-refractivity contribution in [3.63, 3.8) is 0 Å². The minimum absolute atomic E-state index is 0.224. The van der Waals surface area contributed by atoms with Crippen LogP contribution in [0.1, 0.15) is 12.1 Å². The summed E-state index contributed by atoms with van der Waals surface area (Å²) in [6, 6.07) is 1.64. The molecule has 8 heteroatoms. The third-order valence-corrected chi connectivity index (χ3v) is 3.01. The number of hydrogen-bond donors (Lipinski definition) is 1. The van der Waals surface area contributed by atoms with Crippen molar-refractivity contribution >= 4 is 10.2 Å². The Morgan fingerprint density at radius 1 is 1.47 bits per heavy atom. The van der Waals surface area contributed by atoms with Gasteiger partial charge in [0.2, 0.25) is 0 Å². The highest BCUT2D eigenvalue weighted by molar-refractivity contribution is 7.86. The molecular formula is C7H10N4O3S. The molecule has 0 bridgehead atoms. The van der Waals surface area contributed by atoms with Crippen LogP contribution in [0.5, 0.6) is 0 Å². The maximum Gasteiger partial charge on any atom is 0.279 e. The van der Waals surface area contributed by atoms with E-state index in [9.17, 15) is 8.42 Å². The topological polar surface area (TPSA) is 98.4 Å². The average molecular weight is 230 g/mol. The van der Waals surface area contributed by atoms with Crippen molar-refractivity contribution in [3.05, 3.63) is 24.3 Å². The SMILES string of the molecule is NS(=O)(=O)N1CCOC1c1ncccn1. The predicted octanol–water partition coefficient (Wildman–Crippen LogP) is -0.989. The molecule has 1 aromatic heterocycles. The first-order chi connectivity index (χ1) is 7.09. The van der Waals surface area contributed by atoms with Gasteiger partial charge in [-0.05, 0) is 6.07 Å². The molecule has 15 heavy (non-hydrogen) atoms. The Hall–Kier alpha value is -1.09. The normalized spacial score (nSPS) is 23.1. The van der Waals surface area contributed by atoms with Crippen LogP contribution < -0.4 is 5.14 Å². The monoisotopic (exact) mass is 230 g/mol. The van der Waals surface area contributed by atoms with Gasteiger partial charge >= 0.3 is 0 Å². The highest BCUT2D eigenvalue weighted by Crippen LogP contribution is 2.24. The maximum absolute atomic E-state index is 11.2. The summed E-state index contributed by atoms with van der Waals surface area (Å²) in [6.07, 6.45) is 2.23. The van der Waals surface area contributed by atoms with Crippen molar-refractivity contribution in [1.82, 2.24) is 14.3 Å². The van der Waals surface area contributed by atoms with Gasteiger partial charge in [0.05, 0.1) is 6.61 Å². The summed E-state index contributed by atoms with van der Waals surface area (Å²) < 4.78 is 28.6. The van der Waals surface area contributed by atoms with Crippen LogP contribution in [0.15, 0.2) is 18.5 Å². The van der Waals surface area contributed by atoms with E-state index in [-0.39, 0.29) is 6.54 Å². The van der Waals surface area contributed by atoms with Gasteiger partial charge < -0.3 is 4.74 Å². The lowest BCUT2D eigenvalue weighted by atomic mass is 10.5. The molecule has 0 aliphatic carbocycles. The molecular weight excluding hydrogens is 220 g/mol. The van der Waals surface area contributed by atoms with E-state index in [2.05, 4.69) is 9.97 Å². The summed E-state index contributed by atoms with van der Waals surface area (Å²) in [5, 5.41) is 5.03. The van der Waals surface area contributed by atoms with Crippen LogP contribution >= 0.6 is 0 Å². The van der Waals surface area contributed by atoms with Crippen LogP contribution in [0.25, 0.3) is 0 Å². The number of rotatable bonds is 2. The zero-order chi connectivity index (χ0) is 10.9. The van der Waals surface area contributed by atoms with Gasteiger partial charge in [-0.2, -0.15) is 12.7 Å². The summed E-state index contributed by atoms with van der Waals surface area (Å²) in [5.74, 6) is 0.295. The molecule has 1 saturated heterocycles. The first-order valence-electron chi connectivity index (χ1n) is 4.27. The second kappa shape index (κ2) is 3.81. The van der Waals surface area contributed by atoms with Gasteiger partial charge in [0.1, 0.15) is 0 Å². The van der Waals surface area contributed by atoms with E-state index in [0.29, 0.717) is 12.4 Å². The van der Waals surface area contributed by atoms with Crippen molar-refractivity contribution < 1.29 is 13.2 Å². The third-order valence-electron chi connectivity index (χ3n) is 1.98. The summed E-state index contributed by atoms with van der Waals surface area (Å²) in [7, 11) is -3.77. The van der Waals surface area contributed by atoms with Crippen LogP contribution in [0.2, 0.25) is 0 Å². The van der Waals surface area contributed by atoms with Crippen molar-refractivity contribution in [2.75, 3.05) is 13.2 Å². The van der Waals surface area contributed by atoms with Gasteiger partial charge in [0.25, 0.3) is 10.2 Å². The highest BCUT2D eigenvalue weighted by atomic mass is 32.2. The minimum Gasteiger partial charge on any atom is -0.353 e. The second-order valence-corrected chi connectivity index (χ2v) is 4.48. The molecule has 7 nitrogen and oxygen atoms in total. The fourth-order valence-electron chi connectivity index (χ4n) is 1.36.